The summed E-state index contributed by atoms with van der Waals surface area (Å²) < 4.78 is 25.4. The molecule has 21 heavy (non-hydrogen) atoms. The van der Waals surface area contributed by atoms with Crippen molar-refractivity contribution in [3.8, 4) is 0 Å². The Bertz CT molecular complexity index is 583. The molecule has 0 aromatic heterocycles. The van der Waals surface area contributed by atoms with Crippen molar-refractivity contribution in [2.24, 2.45) is 5.41 Å². The lowest BCUT2D eigenvalue weighted by Gasteiger charge is -2.25. The number of nitrogens with one attached hydrogen (secondary N) is 1. The summed E-state index contributed by atoms with van der Waals surface area (Å²) in [6.45, 7) is 5.29. The maximum Gasteiger partial charge on any atom is 0.242 e. The van der Waals surface area contributed by atoms with Crippen molar-refractivity contribution < 1.29 is 8.42 Å². The van der Waals surface area contributed by atoms with Crippen molar-refractivity contribution in [3.05, 3.63) is 24.3 Å². The van der Waals surface area contributed by atoms with E-state index in [9.17, 15) is 8.42 Å². The van der Waals surface area contributed by atoms with Crippen LogP contribution in [0, 0.1) is 5.41 Å². The fourth-order valence-corrected chi connectivity index (χ4v) is 3.76. The predicted molar refractivity (Wildman–Crippen MR) is 86.2 cm³/mol. The highest BCUT2D eigenvalue weighted by Gasteiger charge is 2.33. The SMILES string of the molecule is CNCC1(C)CCN(c2ccc(S(=O)(=O)N(C)C)cc2)C1. The zero-order valence-corrected chi connectivity index (χ0v) is 14.1. The Morgan fingerprint density at radius 1 is 1.29 bits per heavy atom. The van der Waals surface area contributed by atoms with Crippen LogP contribution in [0.25, 0.3) is 0 Å². The molecule has 1 heterocycles. The van der Waals surface area contributed by atoms with Crippen LogP contribution in [0.5, 0.6) is 0 Å². The molecule has 0 radical (unpaired) electrons. The predicted octanol–water partition coefficient (Wildman–Crippen LogP) is 1.37. The summed E-state index contributed by atoms with van der Waals surface area (Å²) in [6.07, 6.45) is 1.14. The van der Waals surface area contributed by atoms with E-state index in [1.807, 2.05) is 19.2 Å². The zero-order chi connectivity index (χ0) is 15.7. The summed E-state index contributed by atoms with van der Waals surface area (Å²) in [5.41, 5.74) is 1.37. The molecule has 118 valence electrons. The molecule has 1 aliphatic heterocycles. The lowest BCUT2D eigenvalue weighted by Crippen LogP contribution is -2.33. The molecule has 1 aliphatic rings. The van der Waals surface area contributed by atoms with Gasteiger partial charge in [0.25, 0.3) is 0 Å². The van der Waals surface area contributed by atoms with Gasteiger partial charge in [0, 0.05) is 39.4 Å². The fraction of sp³-hybridized carbons (Fsp3) is 0.600. The number of sulfonamides is 1. The summed E-state index contributed by atoms with van der Waals surface area (Å²) in [4.78, 5) is 2.66. The van der Waals surface area contributed by atoms with Crippen LogP contribution in [0.4, 0.5) is 5.69 Å². The van der Waals surface area contributed by atoms with Gasteiger partial charge in [-0.05, 0) is 43.1 Å². The highest BCUT2D eigenvalue weighted by atomic mass is 32.2. The Kier molecular flexibility index (Phi) is 4.60. The summed E-state index contributed by atoms with van der Waals surface area (Å²) in [5, 5.41) is 3.25. The average molecular weight is 311 g/mol. The minimum absolute atomic E-state index is 0.281. The van der Waals surface area contributed by atoms with E-state index < -0.39 is 10.0 Å². The molecular weight excluding hydrogens is 286 g/mol. The first-order chi connectivity index (χ1) is 9.78. The lowest BCUT2D eigenvalue weighted by atomic mass is 9.90. The molecule has 1 unspecified atom stereocenters. The highest BCUT2D eigenvalue weighted by molar-refractivity contribution is 7.89. The van der Waals surface area contributed by atoms with Crippen LogP contribution in [0.1, 0.15) is 13.3 Å². The van der Waals surface area contributed by atoms with Crippen molar-refractivity contribution in [2.75, 3.05) is 45.7 Å². The average Bonchev–Trinajstić information content (AvgIpc) is 2.81. The first kappa shape index (κ1) is 16.3. The number of rotatable bonds is 5. The van der Waals surface area contributed by atoms with Crippen LogP contribution in [0.2, 0.25) is 0 Å². The molecule has 5 nitrogen and oxygen atoms in total. The van der Waals surface area contributed by atoms with Gasteiger partial charge in [-0.2, -0.15) is 0 Å². The number of benzene rings is 1. The van der Waals surface area contributed by atoms with Gasteiger partial charge in [0.2, 0.25) is 10.0 Å². The monoisotopic (exact) mass is 311 g/mol. The first-order valence-electron chi connectivity index (χ1n) is 7.21. The van der Waals surface area contributed by atoms with Gasteiger partial charge in [-0.15, -0.1) is 0 Å². The topological polar surface area (TPSA) is 52.7 Å². The van der Waals surface area contributed by atoms with Gasteiger partial charge in [0.05, 0.1) is 4.90 Å². The minimum Gasteiger partial charge on any atom is -0.371 e. The summed E-state index contributed by atoms with van der Waals surface area (Å²) in [6, 6.07) is 7.19. The molecule has 1 aromatic rings. The van der Waals surface area contributed by atoms with Gasteiger partial charge in [0.1, 0.15) is 0 Å². The van der Waals surface area contributed by atoms with Crippen LogP contribution in [0.3, 0.4) is 0 Å². The fourth-order valence-electron chi connectivity index (χ4n) is 2.85. The van der Waals surface area contributed by atoms with Crippen LogP contribution in [-0.4, -0.2) is 53.5 Å². The molecule has 0 amide bonds. The van der Waals surface area contributed by atoms with Gasteiger partial charge in [-0.25, -0.2) is 12.7 Å². The van der Waals surface area contributed by atoms with Crippen molar-refractivity contribution in [1.29, 1.82) is 0 Å². The standard InChI is InChI=1S/C15H25N3O2S/c1-15(11-16-2)9-10-18(12-15)13-5-7-14(8-6-13)21(19,20)17(3)4/h5-8,16H,9-12H2,1-4H3. The van der Waals surface area contributed by atoms with E-state index in [1.165, 1.54) is 4.31 Å². The number of hydrogen-bond acceptors (Lipinski definition) is 4. The van der Waals surface area contributed by atoms with Crippen molar-refractivity contribution in [2.45, 2.75) is 18.2 Å². The zero-order valence-electron chi connectivity index (χ0n) is 13.3. The van der Waals surface area contributed by atoms with Gasteiger partial charge < -0.3 is 10.2 Å². The molecule has 1 N–H and O–H groups in total. The van der Waals surface area contributed by atoms with Crippen molar-refractivity contribution in [1.82, 2.24) is 9.62 Å². The van der Waals surface area contributed by atoms with E-state index in [4.69, 9.17) is 0 Å². The Morgan fingerprint density at radius 2 is 1.90 bits per heavy atom. The Hall–Kier alpha value is -1.11. The third-order valence-corrected chi connectivity index (χ3v) is 5.97. The normalized spacial score (nSPS) is 23.0. The van der Waals surface area contributed by atoms with Crippen LogP contribution in [-0.2, 0) is 10.0 Å². The second kappa shape index (κ2) is 5.94. The second-order valence-corrected chi connectivity index (χ2v) is 8.45. The molecule has 2 rings (SSSR count). The van der Waals surface area contributed by atoms with E-state index in [0.29, 0.717) is 4.90 Å². The van der Waals surface area contributed by atoms with E-state index in [-0.39, 0.29) is 5.41 Å². The minimum atomic E-state index is -3.34. The quantitative estimate of drug-likeness (QED) is 0.892. The number of nitrogens with zero attached hydrogens (tertiary/aromatic N) is 2. The highest BCUT2D eigenvalue weighted by Crippen LogP contribution is 2.33. The molecule has 6 heteroatoms. The molecule has 0 spiro atoms. The second-order valence-electron chi connectivity index (χ2n) is 6.29. The molecule has 0 aliphatic carbocycles. The van der Waals surface area contributed by atoms with Crippen molar-refractivity contribution in [3.63, 3.8) is 0 Å². The van der Waals surface area contributed by atoms with Crippen molar-refractivity contribution >= 4 is 15.7 Å². The van der Waals surface area contributed by atoms with Crippen LogP contribution >= 0.6 is 0 Å². The maximum atomic E-state index is 12.1. The van der Waals surface area contributed by atoms with E-state index in [1.54, 1.807) is 26.2 Å². The summed E-state index contributed by atoms with van der Waals surface area (Å²) in [5.74, 6) is 0. The summed E-state index contributed by atoms with van der Waals surface area (Å²) >= 11 is 0. The Labute approximate surface area is 128 Å². The molecule has 0 saturated carbocycles. The lowest BCUT2D eigenvalue weighted by molar-refractivity contribution is 0.356. The van der Waals surface area contributed by atoms with Gasteiger partial charge >= 0.3 is 0 Å². The smallest absolute Gasteiger partial charge is 0.242 e. The van der Waals surface area contributed by atoms with Crippen LogP contribution < -0.4 is 10.2 Å². The van der Waals surface area contributed by atoms with Gasteiger partial charge in [-0.3, -0.25) is 0 Å². The van der Waals surface area contributed by atoms with E-state index >= 15 is 0 Å². The third kappa shape index (κ3) is 3.39. The van der Waals surface area contributed by atoms with Gasteiger partial charge in [0.15, 0.2) is 0 Å². The molecule has 1 fully saturated rings. The molecule has 0 bridgehead atoms. The molecular formula is C15H25N3O2S. The number of hydrogen-bond donors (Lipinski definition) is 1. The third-order valence-electron chi connectivity index (χ3n) is 4.14. The maximum absolute atomic E-state index is 12.1. The molecule has 1 aromatic carbocycles. The van der Waals surface area contributed by atoms with Crippen LogP contribution in [0.15, 0.2) is 29.2 Å². The van der Waals surface area contributed by atoms with E-state index in [2.05, 4.69) is 17.1 Å². The Morgan fingerprint density at radius 3 is 2.43 bits per heavy atom. The van der Waals surface area contributed by atoms with E-state index in [0.717, 1.165) is 31.7 Å². The van der Waals surface area contributed by atoms with Gasteiger partial charge in [-0.1, -0.05) is 6.92 Å². The molecule has 1 atom stereocenters. The number of anilines is 1. The molecule has 1 saturated heterocycles. The largest absolute Gasteiger partial charge is 0.371 e. The summed E-state index contributed by atoms with van der Waals surface area (Å²) in [7, 11) is 1.73. The first-order valence-corrected chi connectivity index (χ1v) is 8.65. The Balaban J connectivity index is 2.14.